The monoisotopic (exact) mass is 515 g/mol. The highest BCUT2D eigenvalue weighted by molar-refractivity contribution is 7.81. The molecule has 188 valence electrons. The predicted octanol–water partition coefficient (Wildman–Crippen LogP) is 4.68. The summed E-state index contributed by atoms with van der Waals surface area (Å²) in [5.74, 6) is -16.4. The topological polar surface area (TPSA) is 64.6 Å². The number of amides is 1. The van der Waals surface area contributed by atoms with Gasteiger partial charge in [-0.25, -0.2) is 4.79 Å². The molecule has 1 unspecified atom stereocenters. The first-order chi connectivity index (χ1) is 14.2. The standard InChI is InChI=1S/C15H16F11NO4S/c1-8(16)9(28)31-13(14(22,23)24,10(29)27-6-5-12(19,20)21)30-7-3-2-4-11(17,18)15(25,26)32/h32H,1-7H2,(H,27,29). The molecule has 32 heavy (non-hydrogen) atoms. The van der Waals surface area contributed by atoms with Crippen molar-refractivity contribution in [2.75, 3.05) is 13.2 Å². The number of carbonyl (C=O) groups excluding carboxylic acids is 2. The Labute approximate surface area is 178 Å². The van der Waals surface area contributed by atoms with Crippen LogP contribution in [0.5, 0.6) is 0 Å². The number of rotatable bonds is 12. The Morgan fingerprint density at radius 1 is 0.906 bits per heavy atom. The first-order valence-electron chi connectivity index (χ1n) is 8.28. The lowest BCUT2D eigenvalue weighted by Gasteiger charge is -2.33. The van der Waals surface area contributed by atoms with E-state index in [4.69, 9.17) is 0 Å². The van der Waals surface area contributed by atoms with Crippen molar-refractivity contribution in [1.82, 2.24) is 5.32 Å². The number of thiol groups is 1. The fourth-order valence-corrected chi connectivity index (χ4v) is 1.96. The molecule has 0 aliphatic heterocycles. The van der Waals surface area contributed by atoms with E-state index >= 15 is 0 Å². The van der Waals surface area contributed by atoms with Gasteiger partial charge in [-0.05, 0) is 12.8 Å². The summed E-state index contributed by atoms with van der Waals surface area (Å²) in [4.78, 5) is 23.2. The second-order valence-electron chi connectivity index (χ2n) is 6.08. The van der Waals surface area contributed by atoms with Crippen molar-refractivity contribution in [2.45, 2.75) is 55.0 Å². The zero-order valence-corrected chi connectivity index (χ0v) is 16.6. The third-order valence-corrected chi connectivity index (χ3v) is 3.78. The lowest BCUT2D eigenvalue weighted by atomic mass is 10.1. The van der Waals surface area contributed by atoms with Gasteiger partial charge in [0.1, 0.15) is 0 Å². The number of hydrogen-bond acceptors (Lipinski definition) is 5. The molecule has 0 aliphatic carbocycles. The lowest BCUT2D eigenvalue weighted by Crippen LogP contribution is -2.61. The Morgan fingerprint density at radius 3 is 1.84 bits per heavy atom. The van der Waals surface area contributed by atoms with Gasteiger partial charge in [0.15, 0.2) is 0 Å². The molecule has 0 aliphatic rings. The summed E-state index contributed by atoms with van der Waals surface area (Å²) in [6.07, 6.45) is -16.0. The molecule has 0 rings (SSSR count). The molecule has 0 saturated carbocycles. The summed E-state index contributed by atoms with van der Waals surface area (Å²) in [6, 6.07) is 0. The number of unbranched alkanes of at least 4 members (excludes halogenated alkanes) is 1. The molecule has 0 radical (unpaired) electrons. The molecule has 5 nitrogen and oxygen atoms in total. The van der Waals surface area contributed by atoms with Crippen LogP contribution in [-0.4, -0.2) is 54.3 Å². The van der Waals surface area contributed by atoms with Crippen LogP contribution in [0.1, 0.15) is 25.7 Å². The maximum Gasteiger partial charge on any atom is 0.466 e. The first kappa shape index (κ1) is 30.2. The highest BCUT2D eigenvalue weighted by atomic mass is 32.1. The van der Waals surface area contributed by atoms with Crippen molar-refractivity contribution in [1.29, 1.82) is 0 Å². The van der Waals surface area contributed by atoms with E-state index in [-0.39, 0.29) is 0 Å². The van der Waals surface area contributed by atoms with Crippen LogP contribution in [0.15, 0.2) is 12.4 Å². The highest BCUT2D eigenvalue weighted by Crippen LogP contribution is 2.41. The summed E-state index contributed by atoms with van der Waals surface area (Å²) in [6.45, 7) is -0.442. The van der Waals surface area contributed by atoms with Crippen LogP contribution < -0.4 is 5.32 Å². The predicted molar refractivity (Wildman–Crippen MR) is 87.5 cm³/mol. The van der Waals surface area contributed by atoms with Crippen LogP contribution in [-0.2, 0) is 19.1 Å². The molecular formula is C15H16F11NO4S. The molecule has 0 aromatic rings. The third kappa shape index (κ3) is 8.99. The number of ether oxygens (including phenoxy) is 2. The number of nitrogens with one attached hydrogen (secondary N) is 1. The molecule has 0 spiro atoms. The molecule has 1 amide bonds. The Balaban J connectivity index is 5.49. The molecule has 1 atom stereocenters. The minimum atomic E-state index is -6.00. The molecule has 0 saturated heterocycles. The van der Waals surface area contributed by atoms with Crippen LogP contribution in [0.2, 0.25) is 0 Å². The average Bonchev–Trinajstić information content (AvgIpc) is 2.56. The van der Waals surface area contributed by atoms with Crippen LogP contribution in [0.4, 0.5) is 48.3 Å². The van der Waals surface area contributed by atoms with Gasteiger partial charge >= 0.3 is 41.2 Å². The molecule has 0 aromatic carbocycles. The van der Waals surface area contributed by atoms with Crippen molar-refractivity contribution in [2.24, 2.45) is 0 Å². The van der Waals surface area contributed by atoms with Crippen molar-refractivity contribution in [3.05, 3.63) is 12.4 Å². The number of esters is 1. The van der Waals surface area contributed by atoms with E-state index in [9.17, 15) is 57.9 Å². The molecular weight excluding hydrogens is 499 g/mol. The number of halogens is 11. The molecule has 0 bridgehead atoms. The Morgan fingerprint density at radius 2 is 1.44 bits per heavy atom. The third-order valence-electron chi connectivity index (χ3n) is 3.45. The van der Waals surface area contributed by atoms with Crippen LogP contribution in [0.3, 0.4) is 0 Å². The minimum absolute atomic E-state index is 0.846. The Kier molecular flexibility index (Phi) is 10.3. The van der Waals surface area contributed by atoms with E-state index in [1.807, 2.05) is 0 Å². The van der Waals surface area contributed by atoms with Gasteiger partial charge in [0.05, 0.1) is 13.0 Å². The van der Waals surface area contributed by atoms with Crippen molar-refractivity contribution >= 4 is 24.5 Å². The average molecular weight is 515 g/mol. The zero-order chi connectivity index (χ0) is 25.6. The van der Waals surface area contributed by atoms with Gasteiger partial charge in [-0.2, -0.15) is 48.3 Å². The van der Waals surface area contributed by atoms with E-state index in [1.54, 1.807) is 0 Å². The van der Waals surface area contributed by atoms with Crippen molar-refractivity contribution < 1.29 is 67.4 Å². The van der Waals surface area contributed by atoms with Gasteiger partial charge < -0.3 is 14.8 Å². The second-order valence-corrected chi connectivity index (χ2v) is 6.64. The molecule has 0 fully saturated rings. The van der Waals surface area contributed by atoms with E-state index < -0.39 is 85.9 Å². The van der Waals surface area contributed by atoms with E-state index in [1.165, 1.54) is 0 Å². The van der Waals surface area contributed by atoms with E-state index in [2.05, 4.69) is 28.7 Å². The summed E-state index contributed by atoms with van der Waals surface area (Å²) >= 11 is 2.38. The fourth-order valence-electron chi connectivity index (χ4n) is 1.85. The number of alkyl halides is 10. The van der Waals surface area contributed by atoms with Gasteiger partial charge in [0, 0.05) is 13.0 Å². The first-order valence-corrected chi connectivity index (χ1v) is 8.72. The normalized spacial score (nSPS) is 15.1. The van der Waals surface area contributed by atoms with Crippen molar-refractivity contribution in [3.63, 3.8) is 0 Å². The Hall–Kier alpha value is -1.78. The van der Waals surface area contributed by atoms with Crippen LogP contribution in [0.25, 0.3) is 0 Å². The van der Waals surface area contributed by atoms with Gasteiger partial charge in [-0.15, -0.1) is 0 Å². The molecule has 17 heteroatoms. The SMILES string of the molecule is C=C(F)C(=O)OC(OCCCCC(F)(F)C(F)(F)S)(C(=O)NCCC(F)(F)F)C(F)(F)F. The number of hydrogen-bond donors (Lipinski definition) is 2. The summed E-state index contributed by atoms with van der Waals surface area (Å²) in [7, 11) is 0. The van der Waals surface area contributed by atoms with Crippen molar-refractivity contribution in [3.8, 4) is 0 Å². The quantitative estimate of drug-likeness (QED) is 0.0990. The van der Waals surface area contributed by atoms with E-state index in [0.29, 0.717) is 0 Å². The molecule has 1 N–H and O–H groups in total. The summed E-state index contributed by atoms with van der Waals surface area (Å²) in [5.41, 5.74) is 0. The van der Waals surface area contributed by atoms with Crippen LogP contribution in [0, 0.1) is 0 Å². The van der Waals surface area contributed by atoms with E-state index in [0.717, 1.165) is 5.32 Å². The number of carbonyl (C=O) groups is 2. The largest absolute Gasteiger partial charge is 0.466 e. The molecule has 0 aromatic heterocycles. The second kappa shape index (κ2) is 10.9. The summed E-state index contributed by atoms with van der Waals surface area (Å²) in [5, 5.41) is -3.60. The van der Waals surface area contributed by atoms with Crippen LogP contribution >= 0.6 is 12.6 Å². The lowest BCUT2D eigenvalue weighted by molar-refractivity contribution is -0.347. The maximum atomic E-state index is 13.5. The Bertz CT molecular complexity index is 676. The van der Waals surface area contributed by atoms with Gasteiger partial charge in [-0.1, -0.05) is 19.2 Å². The highest BCUT2D eigenvalue weighted by Gasteiger charge is 2.66. The minimum Gasteiger partial charge on any atom is -0.410 e. The molecule has 0 heterocycles. The summed E-state index contributed by atoms with van der Waals surface area (Å²) < 4.78 is 149. The smallest absolute Gasteiger partial charge is 0.410 e. The van der Waals surface area contributed by atoms with Gasteiger partial charge in [0.2, 0.25) is 5.83 Å². The van der Waals surface area contributed by atoms with Gasteiger partial charge in [-0.3, -0.25) is 4.79 Å². The maximum absolute atomic E-state index is 13.5. The fraction of sp³-hybridized carbons (Fsp3) is 0.733. The zero-order valence-electron chi connectivity index (χ0n) is 15.7. The van der Waals surface area contributed by atoms with Gasteiger partial charge in [0.25, 0.3) is 0 Å².